The van der Waals surface area contributed by atoms with Crippen molar-refractivity contribution in [1.29, 1.82) is 0 Å². The van der Waals surface area contributed by atoms with Crippen LogP contribution in [0.15, 0.2) is 30.3 Å². The van der Waals surface area contributed by atoms with Gasteiger partial charge >= 0.3 is 0 Å². The van der Waals surface area contributed by atoms with E-state index in [1.807, 2.05) is 6.07 Å². The minimum Gasteiger partial charge on any atom is -0.369 e. The molecule has 0 aliphatic heterocycles. The third-order valence-electron chi connectivity index (χ3n) is 1.67. The Morgan fingerprint density at radius 3 is 2.33 bits per heavy atom. The minimum absolute atomic E-state index is 0.378. The number of aliphatic hydroxyl groups is 1. The monoisotopic (exact) mass is 182 g/mol. The Morgan fingerprint density at radius 2 is 1.92 bits per heavy atom. The van der Waals surface area contributed by atoms with Gasteiger partial charge in [-0.2, -0.15) is 0 Å². The molecular weight excluding hydrogens is 172 g/mol. The van der Waals surface area contributed by atoms with Gasteiger partial charge in [-0.1, -0.05) is 30.3 Å². The number of rotatable bonds is 2. The van der Waals surface area contributed by atoms with Crippen LogP contribution in [0.1, 0.15) is 12.5 Å². The van der Waals surface area contributed by atoms with E-state index in [1.165, 1.54) is 6.92 Å². The van der Waals surface area contributed by atoms with E-state index in [1.54, 1.807) is 24.3 Å². The van der Waals surface area contributed by atoms with Crippen LogP contribution in [0.4, 0.5) is 0 Å². The SMILES string of the molecule is CC(=O)[C@@](O)(S)c1ccccc1. The van der Waals surface area contributed by atoms with Gasteiger partial charge in [0.15, 0.2) is 10.7 Å². The molecule has 1 atom stereocenters. The minimum atomic E-state index is -1.65. The summed E-state index contributed by atoms with van der Waals surface area (Å²) in [4.78, 5) is 9.29. The number of ketones is 1. The zero-order valence-electron chi connectivity index (χ0n) is 6.69. The van der Waals surface area contributed by atoms with Crippen LogP contribution in [0.25, 0.3) is 0 Å². The maximum Gasteiger partial charge on any atom is 0.192 e. The first kappa shape index (κ1) is 9.29. The van der Waals surface area contributed by atoms with Crippen LogP contribution in [0.5, 0.6) is 0 Å². The van der Waals surface area contributed by atoms with E-state index in [4.69, 9.17) is 0 Å². The first-order valence-corrected chi connectivity index (χ1v) is 4.01. The highest BCUT2D eigenvalue weighted by atomic mass is 32.1. The number of thiol groups is 1. The van der Waals surface area contributed by atoms with E-state index in [9.17, 15) is 9.90 Å². The second-order valence-corrected chi connectivity index (χ2v) is 3.24. The van der Waals surface area contributed by atoms with Gasteiger partial charge in [0.25, 0.3) is 0 Å². The van der Waals surface area contributed by atoms with E-state index in [-0.39, 0.29) is 5.78 Å². The van der Waals surface area contributed by atoms with E-state index in [0.717, 1.165) is 0 Å². The molecule has 1 aromatic carbocycles. The van der Waals surface area contributed by atoms with Gasteiger partial charge in [0.05, 0.1) is 0 Å². The lowest BCUT2D eigenvalue weighted by Crippen LogP contribution is -2.26. The molecule has 3 heteroatoms. The lowest BCUT2D eigenvalue weighted by Gasteiger charge is -2.18. The normalized spacial score (nSPS) is 15.2. The molecule has 0 radical (unpaired) electrons. The molecule has 0 bridgehead atoms. The average molecular weight is 182 g/mol. The zero-order chi connectivity index (χ0) is 9.19. The number of hydrogen-bond acceptors (Lipinski definition) is 3. The van der Waals surface area contributed by atoms with E-state index >= 15 is 0 Å². The van der Waals surface area contributed by atoms with Crippen molar-refractivity contribution in [3.8, 4) is 0 Å². The molecule has 1 N–H and O–H groups in total. The molecule has 0 aromatic heterocycles. The Morgan fingerprint density at radius 1 is 1.42 bits per heavy atom. The molecular formula is C9H10O2S. The molecule has 0 saturated carbocycles. The Balaban J connectivity index is 3.06. The molecule has 0 aliphatic rings. The van der Waals surface area contributed by atoms with Crippen molar-refractivity contribution in [2.24, 2.45) is 0 Å². The molecule has 0 aliphatic carbocycles. The first-order valence-electron chi connectivity index (χ1n) is 3.56. The molecule has 2 nitrogen and oxygen atoms in total. The highest BCUT2D eigenvalue weighted by Gasteiger charge is 2.29. The maximum atomic E-state index is 10.9. The third-order valence-corrected chi connectivity index (χ3v) is 2.24. The van der Waals surface area contributed by atoms with Gasteiger partial charge in [0.2, 0.25) is 0 Å². The molecule has 0 fully saturated rings. The van der Waals surface area contributed by atoms with Crippen LogP contribution in [0, 0.1) is 0 Å². The number of carbonyl (C=O) groups is 1. The largest absolute Gasteiger partial charge is 0.369 e. The van der Waals surface area contributed by atoms with Crippen molar-refractivity contribution < 1.29 is 9.90 Å². The second kappa shape index (κ2) is 3.29. The van der Waals surface area contributed by atoms with Gasteiger partial charge in [-0.25, -0.2) is 0 Å². The van der Waals surface area contributed by atoms with E-state index in [0.29, 0.717) is 5.56 Å². The highest BCUT2D eigenvalue weighted by Crippen LogP contribution is 2.25. The van der Waals surface area contributed by atoms with E-state index < -0.39 is 4.93 Å². The van der Waals surface area contributed by atoms with Gasteiger partial charge in [-0.05, 0) is 6.92 Å². The molecule has 0 amide bonds. The molecule has 0 heterocycles. The molecule has 1 aromatic rings. The van der Waals surface area contributed by atoms with Gasteiger partial charge in [-0.15, -0.1) is 12.6 Å². The van der Waals surface area contributed by atoms with Crippen LogP contribution in [-0.4, -0.2) is 10.9 Å². The standard InChI is InChI=1S/C9H10O2S/c1-7(10)9(11,12)8-5-3-2-4-6-8/h2-6,11-12H,1H3/t9-/m1/s1. The van der Waals surface area contributed by atoms with Crippen LogP contribution < -0.4 is 0 Å². The topological polar surface area (TPSA) is 37.3 Å². The van der Waals surface area contributed by atoms with Crippen molar-refractivity contribution in [1.82, 2.24) is 0 Å². The van der Waals surface area contributed by atoms with Crippen molar-refractivity contribution in [2.75, 3.05) is 0 Å². The number of Topliss-reactive ketones (excluding diaryl/α,β-unsaturated/α-hetero) is 1. The summed E-state index contributed by atoms with van der Waals surface area (Å²) in [6.07, 6.45) is 0. The van der Waals surface area contributed by atoms with Gasteiger partial charge < -0.3 is 5.11 Å². The van der Waals surface area contributed by atoms with Crippen molar-refractivity contribution in [3.63, 3.8) is 0 Å². The summed E-state index contributed by atoms with van der Waals surface area (Å²) >= 11 is 3.88. The van der Waals surface area contributed by atoms with Gasteiger partial charge in [-0.3, -0.25) is 4.79 Å². The summed E-state index contributed by atoms with van der Waals surface area (Å²) in [6.45, 7) is 1.31. The van der Waals surface area contributed by atoms with Crippen LogP contribution in [0.2, 0.25) is 0 Å². The van der Waals surface area contributed by atoms with Crippen molar-refractivity contribution in [2.45, 2.75) is 11.9 Å². The Bertz CT molecular complexity index is 280. The zero-order valence-corrected chi connectivity index (χ0v) is 7.58. The Labute approximate surface area is 76.6 Å². The number of hydrogen-bond donors (Lipinski definition) is 2. The fourth-order valence-electron chi connectivity index (χ4n) is 0.874. The molecule has 12 heavy (non-hydrogen) atoms. The van der Waals surface area contributed by atoms with Crippen LogP contribution in [-0.2, 0) is 9.73 Å². The highest BCUT2D eigenvalue weighted by molar-refractivity contribution is 7.82. The van der Waals surface area contributed by atoms with Crippen molar-refractivity contribution >= 4 is 18.4 Å². The summed E-state index contributed by atoms with van der Waals surface area (Å²) in [7, 11) is 0. The predicted molar refractivity (Wildman–Crippen MR) is 50.0 cm³/mol. The summed E-state index contributed by atoms with van der Waals surface area (Å²) < 4.78 is 0. The molecule has 0 unspecified atom stereocenters. The third kappa shape index (κ3) is 1.68. The summed E-state index contributed by atoms with van der Waals surface area (Å²) in [6, 6.07) is 8.63. The summed E-state index contributed by atoms with van der Waals surface area (Å²) in [5.41, 5.74) is 0.501. The second-order valence-electron chi connectivity index (χ2n) is 2.59. The molecule has 1 rings (SSSR count). The predicted octanol–water partition coefficient (Wildman–Crippen LogP) is 1.35. The fraction of sp³-hybridized carbons (Fsp3) is 0.222. The average Bonchev–Trinajstić information content (AvgIpc) is 2.06. The maximum absolute atomic E-state index is 10.9. The number of carbonyl (C=O) groups excluding carboxylic acids is 1. The Hall–Kier alpha value is -0.800. The number of benzene rings is 1. The van der Waals surface area contributed by atoms with Gasteiger partial charge in [0.1, 0.15) is 0 Å². The van der Waals surface area contributed by atoms with Crippen LogP contribution >= 0.6 is 12.6 Å². The summed E-state index contributed by atoms with van der Waals surface area (Å²) in [5.74, 6) is -0.378. The molecule has 64 valence electrons. The van der Waals surface area contributed by atoms with E-state index in [2.05, 4.69) is 12.6 Å². The smallest absolute Gasteiger partial charge is 0.192 e. The lowest BCUT2D eigenvalue weighted by molar-refractivity contribution is -0.127. The quantitative estimate of drug-likeness (QED) is 0.535. The molecule has 0 saturated heterocycles. The fourth-order valence-corrected chi connectivity index (χ4v) is 1.02. The Kier molecular flexibility index (Phi) is 2.55. The molecule has 0 spiro atoms. The van der Waals surface area contributed by atoms with Crippen LogP contribution in [0.3, 0.4) is 0 Å². The van der Waals surface area contributed by atoms with Gasteiger partial charge in [0, 0.05) is 5.56 Å². The summed E-state index contributed by atoms with van der Waals surface area (Å²) in [5, 5.41) is 9.58. The first-order chi connectivity index (χ1) is 5.55. The lowest BCUT2D eigenvalue weighted by atomic mass is 10.1. The van der Waals surface area contributed by atoms with Crippen molar-refractivity contribution in [3.05, 3.63) is 35.9 Å².